The zero-order valence-electron chi connectivity index (χ0n) is 14.4. The third-order valence-electron chi connectivity index (χ3n) is 3.73. The molecule has 2 aromatic carbocycles. The highest BCUT2D eigenvalue weighted by atomic mass is 127. The molecule has 0 aromatic heterocycles. The number of benzene rings is 2. The largest absolute Gasteiger partial charge is 0.457 e. The Kier molecular flexibility index (Phi) is 6.92. The smallest absolute Gasteiger partial charge is 0.130 e. The summed E-state index contributed by atoms with van der Waals surface area (Å²) in [5, 5.41) is 0.673. The third-order valence-corrected chi connectivity index (χ3v) is 4.57. The molecular weight excluding hydrogens is 435 g/mol. The van der Waals surface area contributed by atoms with Gasteiger partial charge in [-0.3, -0.25) is 0 Å². The van der Waals surface area contributed by atoms with Crippen molar-refractivity contribution in [2.75, 3.05) is 13.1 Å². The SMILES string of the molecule is CCN(C=Nc1cc(C)c(Oc2cc(Cl)cc(I)c2)cc1C)CC. The molecular formula is C19H22ClIN2O. The first-order valence-corrected chi connectivity index (χ1v) is 9.42. The standard InChI is InChI=1S/C19H22ClIN2O/c1-5-23(6-2)12-22-18-7-14(4)19(8-13(18)3)24-17-10-15(20)9-16(21)11-17/h7-12H,5-6H2,1-4H3. The molecule has 0 aliphatic heterocycles. The molecule has 0 saturated carbocycles. The van der Waals surface area contributed by atoms with Crippen LogP contribution < -0.4 is 4.74 Å². The van der Waals surface area contributed by atoms with Gasteiger partial charge >= 0.3 is 0 Å². The number of aryl methyl sites for hydroxylation is 2. The highest BCUT2D eigenvalue weighted by Crippen LogP contribution is 2.33. The average Bonchev–Trinajstić information content (AvgIpc) is 2.51. The Labute approximate surface area is 162 Å². The van der Waals surface area contributed by atoms with E-state index < -0.39 is 0 Å². The summed E-state index contributed by atoms with van der Waals surface area (Å²) in [6, 6.07) is 9.77. The van der Waals surface area contributed by atoms with Gasteiger partial charge in [-0.05, 0) is 91.7 Å². The number of hydrogen-bond donors (Lipinski definition) is 0. The van der Waals surface area contributed by atoms with Gasteiger partial charge in [0.1, 0.15) is 11.5 Å². The van der Waals surface area contributed by atoms with Crippen LogP contribution in [0.3, 0.4) is 0 Å². The van der Waals surface area contributed by atoms with Crippen LogP contribution in [-0.2, 0) is 0 Å². The van der Waals surface area contributed by atoms with E-state index in [-0.39, 0.29) is 0 Å². The minimum absolute atomic E-state index is 0.673. The lowest BCUT2D eigenvalue weighted by atomic mass is 10.1. The molecule has 2 aromatic rings. The van der Waals surface area contributed by atoms with E-state index in [0.29, 0.717) is 5.02 Å². The van der Waals surface area contributed by atoms with E-state index in [1.165, 1.54) is 0 Å². The molecule has 0 aliphatic carbocycles. The van der Waals surface area contributed by atoms with Crippen molar-refractivity contribution in [3.05, 3.63) is 50.1 Å². The highest BCUT2D eigenvalue weighted by molar-refractivity contribution is 14.1. The Hall–Kier alpha value is -1.27. The lowest BCUT2D eigenvalue weighted by Gasteiger charge is -2.15. The van der Waals surface area contributed by atoms with Crippen LogP contribution in [0.5, 0.6) is 11.5 Å². The van der Waals surface area contributed by atoms with Crippen molar-refractivity contribution in [2.45, 2.75) is 27.7 Å². The number of ether oxygens (including phenoxy) is 1. The molecule has 2 rings (SSSR count). The van der Waals surface area contributed by atoms with Gasteiger partial charge in [-0.25, -0.2) is 4.99 Å². The van der Waals surface area contributed by atoms with Crippen molar-refractivity contribution in [2.24, 2.45) is 4.99 Å². The molecule has 128 valence electrons. The Balaban J connectivity index is 2.26. The van der Waals surface area contributed by atoms with Crippen LogP contribution in [0.4, 0.5) is 5.69 Å². The summed E-state index contributed by atoms with van der Waals surface area (Å²) >= 11 is 8.33. The molecule has 0 atom stereocenters. The van der Waals surface area contributed by atoms with E-state index in [1.54, 1.807) is 0 Å². The summed E-state index contributed by atoms with van der Waals surface area (Å²) < 4.78 is 7.07. The molecule has 0 unspecified atom stereocenters. The molecule has 0 N–H and O–H groups in total. The first kappa shape index (κ1) is 19.1. The second-order valence-electron chi connectivity index (χ2n) is 5.58. The summed E-state index contributed by atoms with van der Waals surface area (Å²) in [4.78, 5) is 6.77. The second-order valence-corrected chi connectivity index (χ2v) is 7.26. The van der Waals surface area contributed by atoms with Crippen LogP contribution in [0.25, 0.3) is 0 Å². The Morgan fingerprint density at radius 3 is 2.42 bits per heavy atom. The van der Waals surface area contributed by atoms with Gasteiger partial charge in [-0.1, -0.05) is 11.6 Å². The molecule has 3 nitrogen and oxygen atoms in total. The first-order valence-electron chi connectivity index (χ1n) is 7.96. The van der Waals surface area contributed by atoms with Crippen LogP contribution in [0.1, 0.15) is 25.0 Å². The Morgan fingerprint density at radius 2 is 1.79 bits per heavy atom. The lowest BCUT2D eigenvalue weighted by Crippen LogP contribution is -2.20. The van der Waals surface area contributed by atoms with Crippen molar-refractivity contribution in [1.82, 2.24) is 4.90 Å². The minimum atomic E-state index is 0.673. The fraction of sp³-hybridized carbons (Fsp3) is 0.316. The van der Waals surface area contributed by atoms with E-state index in [2.05, 4.69) is 52.4 Å². The zero-order chi connectivity index (χ0) is 17.7. The third kappa shape index (κ3) is 5.11. The zero-order valence-corrected chi connectivity index (χ0v) is 17.4. The first-order chi connectivity index (χ1) is 11.4. The molecule has 0 fully saturated rings. The monoisotopic (exact) mass is 456 g/mol. The molecule has 5 heteroatoms. The molecule has 0 bridgehead atoms. The van der Waals surface area contributed by atoms with Crippen molar-refractivity contribution in [3.8, 4) is 11.5 Å². The summed E-state index contributed by atoms with van der Waals surface area (Å²) in [6.45, 7) is 10.2. The van der Waals surface area contributed by atoms with Crippen molar-refractivity contribution in [3.63, 3.8) is 0 Å². The van der Waals surface area contributed by atoms with Gasteiger partial charge in [0.2, 0.25) is 0 Å². The van der Waals surface area contributed by atoms with Crippen molar-refractivity contribution in [1.29, 1.82) is 0 Å². The maximum Gasteiger partial charge on any atom is 0.130 e. The maximum absolute atomic E-state index is 6.10. The highest BCUT2D eigenvalue weighted by Gasteiger charge is 2.08. The lowest BCUT2D eigenvalue weighted by molar-refractivity contribution is 0.477. The molecule has 0 spiro atoms. The number of aliphatic imine (C=N–C) groups is 1. The van der Waals surface area contributed by atoms with E-state index in [1.807, 2.05) is 44.5 Å². The molecule has 24 heavy (non-hydrogen) atoms. The van der Waals surface area contributed by atoms with Gasteiger partial charge in [0.05, 0.1) is 12.0 Å². The predicted molar refractivity (Wildman–Crippen MR) is 111 cm³/mol. The van der Waals surface area contributed by atoms with E-state index in [9.17, 15) is 0 Å². The fourth-order valence-electron chi connectivity index (χ4n) is 2.27. The number of halogens is 2. The summed E-state index contributed by atoms with van der Waals surface area (Å²) in [5.41, 5.74) is 3.09. The van der Waals surface area contributed by atoms with Gasteiger partial charge in [-0.15, -0.1) is 0 Å². The van der Waals surface area contributed by atoms with E-state index in [4.69, 9.17) is 16.3 Å². The number of hydrogen-bond acceptors (Lipinski definition) is 2. The second kappa shape index (κ2) is 8.72. The van der Waals surface area contributed by atoms with Crippen LogP contribution in [0.2, 0.25) is 5.02 Å². The van der Waals surface area contributed by atoms with Gasteiger partial charge in [0.25, 0.3) is 0 Å². The summed E-state index contributed by atoms with van der Waals surface area (Å²) in [5.74, 6) is 1.57. The normalized spacial score (nSPS) is 11.1. The van der Waals surface area contributed by atoms with Crippen LogP contribution in [0, 0.1) is 17.4 Å². The molecule has 0 radical (unpaired) electrons. The van der Waals surface area contributed by atoms with Gasteiger partial charge in [0, 0.05) is 21.7 Å². The van der Waals surface area contributed by atoms with Crippen molar-refractivity contribution < 1.29 is 4.74 Å². The maximum atomic E-state index is 6.10. The van der Waals surface area contributed by atoms with E-state index >= 15 is 0 Å². The predicted octanol–water partition coefficient (Wildman–Crippen LogP) is 6.36. The topological polar surface area (TPSA) is 24.8 Å². The Morgan fingerprint density at radius 1 is 1.08 bits per heavy atom. The molecule has 0 saturated heterocycles. The van der Waals surface area contributed by atoms with Gasteiger partial charge < -0.3 is 9.64 Å². The quantitative estimate of drug-likeness (QED) is 0.287. The summed E-state index contributed by atoms with van der Waals surface area (Å²) in [6.07, 6.45) is 1.90. The summed E-state index contributed by atoms with van der Waals surface area (Å²) in [7, 11) is 0. The average molecular weight is 457 g/mol. The van der Waals surface area contributed by atoms with Gasteiger partial charge in [-0.2, -0.15) is 0 Å². The van der Waals surface area contributed by atoms with Crippen molar-refractivity contribution >= 4 is 46.2 Å². The van der Waals surface area contributed by atoms with Crippen LogP contribution in [-0.4, -0.2) is 24.3 Å². The van der Waals surface area contributed by atoms with Crippen LogP contribution in [0.15, 0.2) is 35.3 Å². The molecule has 0 aliphatic rings. The van der Waals surface area contributed by atoms with Crippen LogP contribution >= 0.6 is 34.2 Å². The molecule has 0 heterocycles. The minimum Gasteiger partial charge on any atom is -0.457 e. The number of rotatable bonds is 6. The number of nitrogens with zero attached hydrogens (tertiary/aromatic N) is 2. The van der Waals surface area contributed by atoms with Gasteiger partial charge in [0.15, 0.2) is 0 Å². The molecule has 0 amide bonds. The Bertz CT molecular complexity index is 722. The fourth-order valence-corrected chi connectivity index (χ4v) is 3.32. The van der Waals surface area contributed by atoms with E-state index in [0.717, 1.165) is 45.0 Å².